The van der Waals surface area contributed by atoms with Gasteiger partial charge in [0.15, 0.2) is 0 Å². The smallest absolute Gasteiger partial charge is 0.341 e. The van der Waals surface area contributed by atoms with Crippen LogP contribution < -0.4 is 0 Å². The number of amides is 1. The molecular formula is C7H9BrF3NOS. The van der Waals surface area contributed by atoms with Gasteiger partial charge in [-0.2, -0.15) is 13.2 Å². The summed E-state index contributed by atoms with van der Waals surface area (Å²) in [5.41, 5.74) is -4.20. The quantitative estimate of drug-likeness (QED) is 0.744. The van der Waals surface area contributed by atoms with Gasteiger partial charge in [-0.25, -0.2) is 0 Å². The monoisotopic (exact) mass is 291 g/mol. The second-order valence-corrected chi connectivity index (χ2v) is 5.14. The topological polar surface area (TPSA) is 20.3 Å². The molecule has 7 heteroatoms. The van der Waals surface area contributed by atoms with Gasteiger partial charge in [-0.1, -0.05) is 15.9 Å². The summed E-state index contributed by atoms with van der Waals surface area (Å²) < 4.78 is 35.3. The van der Waals surface area contributed by atoms with Crippen LogP contribution in [0, 0.1) is 0 Å². The van der Waals surface area contributed by atoms with Gasteiger partial charge in [-0.05, 0) is 18.2 Å². The Balaban J connectivity index is 2.23. The second kappa shape index (κ2) is 4.74. The van der Waals surface area contributed by atoms with Crippen LogP contribution in [0.1, 0.15) is 6.42 Å². The van der Waals surface area contributed by atoms with E-state index in [1.165, 1.54) is 4.90 Å². The molecule has 1 rings (SSSR count). The summed E-state index contributed by atoms with van der Waals surface area (Å²) >= 11 is 3.07. The molecule has 1 heterocycles. The van der Waals surface area contributed by atoms with Gasteiger partial charge in [0.25, 0.3) is 0 Å². The molecule has 1 atom stereocenters. The van der Waals surface area contributed by atoms with Crippen molar-refractivity contribution < 1.29 is 18.0 Å². The van der Waals surface area contributed by atoms with Gasteiger partial charge in [-0.3, -0.25) is 4.79 Å². The number of rotatable bonds is 3. The first-order valence-electron chi connectivity index (χ1n) is 4.04. The highest BCUT2D eigenvalue weighted by atomic mass is 79.9. The highest BCUT2D eigenvalue weighted by molar-refractivity contribution is 9.10. The Bertz CT molecular complexity index is 223. The molecule has 1 fully saturated rings. The first-order chi connectivity index (χ1) is 6.40. The molecule has 1 saturated heterocycles. The van der Waals surface area contributed by atoms with Crippen LogP contribution in [0.4, 0.5) is 13.2 Å². The van der Waals surface area contributed by atoms with Gasteiger partial charge >= 0.3 is 5.51 Å². The number of hydrogen-bond acceptors (Lipinski definition) is 2. The Morgan fingerprint density at radius 2 is 2.21 bits per heavy atom. The summed E-state index contributed by atoms with van der Waals surface area (Å²) in [6.07, 6.45) is 0.676. The third-order valence-electron chi connectivity index (χ3n) is 1.86. The number of likely N-dealkylation sites (tertiary alicyclic amines) is 1. The molecule has 0 aliphatic carbocycles. The summed E-state index contributed by atoms with van der Waals surface area (Å²) in [7, 11) is 0. The summed E-state index contributed by atoms with van der Waals surface area (Å²) in [4.78, 5) is 12.5. The number of hydrogen-bond donors (Lipinski definition) is 0. The molecule has 82 valence electrons. The van der Waals surface area contributed by atoms with E-state index in [4.69, 9.17) is 0 Å². The first kappa shape index (κ1) is 12.2. The molecule has 0 N–H and O–H groups in total. The highest BCUT2D eigenvalue weighted by Gasteiger charge is 2.31. The third-order valence-corrected chi connectivity index (χ3v) is 3.42. The van der Waals surface area contributed by atoms with Crippen molar-refractivity contribution in [1.29, 1.82) is 0 Å². The molecule has 0 aromatic carbocycles. The zero-order valence-corrected chi connectivity index (χ0v) is 9.58. The van der Waals surface area contributed by atoms with Crippen molar-refractivity contribution in [2.24, 2.45) is 0 Å². The molecule has 0 radical (unpaired) electrons. The summed E-state index contributed by atoms with van der Waals surface area (Å²) in [5, 5.41) is 0. The predicted octanol–water partition coefficient (Wildman–Crippen LogP) is 2.24. The normalized spacial score (nSPS) is 23.3. The van der Waals surface area contributed by atoms with Gasteiger partial charge in [0.2, 0.25) is 5.91 Å². The number of halogens is 4. The molecule has 0 aromatic heterocycles. The summed E-state index contributed by atoms with van der Waals surface area (Å²) in [6.45, 7) is 0.721. The SMILES string of the molecule is O=C1C(Br)CCN1CCSC(F)(F)F. The van der Waals surface area contributed by atoms with Crippen LogP contribution in [0.2, 0.25) is 0 Å². The van der Waals surface area contributed by atoms with Crippen molar-refractivity contribution in [2.75, 3.05) is 18.8 Å². The van der Waals surface area contributed by atoms with Crippen LogP contribution in [0.25, 0.3) is 0 Å². The van der Waals surface area contributed by atoms with E-state index in [1.807, 2.05) is 0 Å². The molecule has 0 spiro atoms. The number of nitrogens with zero attached hydrogens (tertiary/aromatic N) is 1. The number of carbonyl (C=O) groups is 1. The lowest BCUT2D eigenvalue weighted by atomic mass is 10.4. The van der Waals surface area contributed by atoms with Gasteiger partial charge in [0.1, 0.15) is 0 Å². The average Bonchev–Trinajstić information content (AvgIpc) is 2.33. The van der Waals surface area contributed by atoms with E-state index >= 15 is 0 Å². The molecule has 0 saturated carbocycles. The Kier molecular flexibility index (Phi) is 4.12. The number of alkyl halides is 4. The minimum Gasteiger partial charge on any atom is -0.341 e. The van der Waals surface area contributed by atoms with Gasteiger partial charge in [-0.15, -0.1) is 0 Å². The molecule has 1 amide bonds. The minimum absolute atomic E-state index is 0.0855. The van der Waals surface area contributed by atoms with E-state index in [1.54, 1.807) is 0 Å². The maximum absolute atomic E-state index is 11.8. The molecule has 1 aliphatic heterocycles. The van der Waals surface area contributed by atoms with E-state index < -0.39 is 5.51 Å². The molecule has 0 aromatic rings. The van der Waals surface area contributed by atoms with Gasteiger partial charge in [0, 0.05) is 18.8 Å². The molecule has 14 heavy (non-hydrogen) atoms. The van der Waals surface area contributed by atoms with E-state index in [-0.39, 0.29) is 34.8 Å². The number of thioether (sulfide) groups is 1. The summed E-state index contributed by atoms with van der Waals surface area (Å²) in [6, 6.07) is 0. The van der Waals surface area contributed by atoms with E-state index in [2.05, 4.69) is 15.9 Å². The van der Waals surface area contributed by atoms with Crippen molar-refractivity contribution in [3.63, 3.8) is 0 Å². The fourth-order valence-electron chi connectivity index (χ4n) is 1.19. The van der Waals surface area contributed by atoms with Crippen LogP contribution in [-0.4, -0.2) is 40.0 Å². The van der Waals surface area contributed by atoms with Crippen LogP contribution >= 0.6 is 27.7 Å². The lowest BCUT2D eigenvalue weighted by Crippen LogP contribution is -2.30. The lowest BCUT2D eigenvalue weighted by molar-refractivity contribution is -0.126. The molecule has 1 aliphatic rings. The first-order valence-corrected chi connectivity index (χ1v) is 5.94. The van der Waals surface area contributed by atoms with Crippen molar-refractivity contribution in [3.8, 4) is 0 Å². The van der Waals surface area contributed by atoms with Crippen LogP contribution in [0.5, 0.6) is 0 Å². The molecule has 1 unspecified atom stereocenters. The maximum Gasteiger partial charge on any atom is 0.441 e. The van der Waals surface area contributed by atoms with Crippen LogP contribution in [0.15, 0.2) is 0 Å². The summed E-state index contributed by atoms with van der Waals surface area (Å²) in [5.74, 6) is -0.192. The van der Waals surface area contributed by atoms with Crippen molar-refractivity contribution >= 4 is 33.6 Å². The predicted molar refractivity (Wildman–Crippen MR) is 52.4 cm³/mol. The van der Waals surface area contributed by atoms with Gasteiger partial charge < -0.3 is 4.90 Å². The Labute approximate surface area is 92.3 Å². The third kappa shape index (κ3) is 3.68. The van der Waals surface area contributed by atoms with Gasteiger partial charge in [0.05, 0.1) is 4.83 Å². The standard InChI is InChI=1S/C7H9BrF3NOS/c8-5-1-2-12(6(5)13)3-4-14-7(9,10)11/h5H,1-4H2. The molecular weight excluding hydrogens is 283 g/mol. The number of carbonyl (C=O) groups excluding carboxylic acids is 1. The van der Waals surface area contributed by atoms with E-state index in [9.17, 15) is 18.0 Å². The zero-order valence-electron chi connectivity index (χ0n) is 7.18. The average molecular weight is 292 g/mol. The molecule has 2 nitrogen and oxygen atoms in total. The van der Waals surface area contributed by atoms with E-state index in [0.717, 1.165) is 0 Å². The van der Waals surface area contributed by atoms with Crippen molar-refractivity contribution in [3.05, 3.63) is 0 Å². The van der Waals surface area contributed by atoms with Crippen LogP contribution in [-0.2, 0) is 4.79 Å². The Hall–Kier alpha value is 0.0900. The Morgan fingerprint density at radius 1 is 1.57 bits per heavy atom. The zero-order chi connectivity index (χ0) is 10.8. The van der Waals surface area contributed by atoms with Crippen LogP contribution in [0.3, 0.4) is 0 Å². The van der Waals surface area contributed by atoms with E-state index in [0.29, 0.717) is 13.0 Å². The maximum atomic E-state index is 11.8. The van der Waals surface area contributed by atoms with Crippen molar-refractivity contribution in [1.82, 2.24) is 4.90 Å². The Morgan fingerprint density at radius 3 is 2.64 bits per heavy atom. The lowest BCUT2D eigenvalue weighted by Gasteiger charge is -2.15. The largest absolute Gasteiger partial charge is 0.441 e. The highest BCUT2D eigenvalue weighted by Crippen LogP contribution is 2.30. The molecule has 0 bridgehead atoms. The second-order valence-electron chi connectivity index (χ2n) is 2.88. The van der Waals surface area contributed by atoms with Crippen molar-refractivity contribution in [2.45, 2.75) is 16.8 Å². The minimum atomic E-state index is -4.20. The fourth-order valence-corrected chi connectivity index (χ4v) is 2.23. The fraction of sp³-hybridized carbons (Fsp3) is 0.857.